The van der Waals surface area contributed by atoms with E-state index in [0.29, 0.717) is 24.3 Å². The minimum Gasteiger partial charge on any atom is -0.461 e. The molecule has 0 radical (unpaired) electrons. The molecule has 2 amide bonds. The van der Waals surface area contributed by atoms with Gasteiger partial charge in [0.2, 0.25) is 11.8 Å². The van der Waals surface area contributed by atoms with Gasteiger partial charge in [-0.25, -0.2) is 9.59 Å². The number of ether oxygens (including phenoxy) is 4. The Hall–Kier alpha value is -1.50. The van der Waals surface area contributed by atoms with Crippen molar-refractivity contribution in [2.75, 3.05) is 38.9 Å². The van der Waals surface area contributed by atoms with Crippen molar-refractivity contribution in [3.8, 4) is 0 Å². The topological polar surface area (TPSA) is 129 Å². The summed E-state index contributed by atoms with van der Waals surface area (Å²) in [6.45, 7) is 6.67. The van der Waals surface area contributed by atoms with Gasteiger partial charge in [0.1, 0.15) is 25.3 Å². The number of nitrogens with one attached hydrogen (secondary N) is 2. The number of carbonyl (C=O) groups is 4. The molecule has 0 aliphatic heterocycles. The molecule has 0 aromatic carbocycles. The minimum absolute atomic E-state index is 0.143. The highest BCUT2D eigenvalue weighted by atomic mass is 33.1. The number of methoxy groups -OCH3 is 2. The van der Waals surface area contributed by atoms with Gasteiger partial charge in [-0.2, -0.15) is 0 Å². The largest absolute Gasteiger partial charge is 0.461 e. The van der Waals surface area contributed by atoms with Crippen molar-refractivity contribution >= 4 is 45.3 Å². The maximum Gasteiger partial charge on any atom is 0.328 e. The zero-order chi connectivity index (χ0) is 24.5. The van der Waals surface area contributed by atoms with E-state index in [-0.39, 0.29) is 25.4 Å². The summed E-state index contributed by atoms with van der Waals surface area (Å²) in [6, 6.07) is -1.54. The van der Waals surface area contributed by atoms with Crippen LogP contribution in [0, 0.1) is 0 Å². The van der Waals surface area contributed by atoms with Crippen LogP contribution in [-0.4, -0.2) is 87.0 Å². The maximum atomic E-state index is 12.2. The standard InChI is InChI=1S/C20H36N2O8S2/c1-13(2)29-19(25)15(21-17(23)11-27-5)7-9-31-32-10-8-16(20(26)30-14(3)4)22-18(24)12-28-6/h13-16H,7-12H2,1-6H3,(H,21,23)(H,22,24)/t15-,16-/m0/s1. The SMILES string of the molecule is COCC(=O)N[C@@H](CCSSCC[C@H](NC(=O)COC)C(=O)OC(C)C)C(=O)OC(C)C. The van der Waals surface area contributed by atoms with E-state index in [1.807, 2.05) is 0 Å². The van der Waals surface area contributed by atoms with Crippen LogP contribution >= 0.6 is 21.6 Å². The van der Waals surface area contributed by atoms with E-state index in [1.165, 1.54) is 35.8 Å². The number of carbonyl (C=O) groups excluding carboxylic acids is 4. The van der Waals surface area contributed by atoms with Gasteiger partial charge in [0.25, 0.3) is 0 Å². The van der Waals surface area contributed by atoms with Crippen LogP contribution in [0.4, 0.5) is 0 Å². The molecule has 2 atom stereocenters. The predicted octanol–water partition coefficient (Wildman–Crippen LogP) is 1.31. The number of amides is 2. The van der Waals surface area contributed by atoms with Gasteiger partial charge >= 0.3 is 11.9 Å². The third-order valence-electron chi connectivity index (χ3n) is 3.56. The summed E-state index contributed by atoms with van der Waals surface area (Å²) in [7, 11) is 5.78. The first-order valence-corrected chi connectivity index (χ1v) is 12.8. The molecule has 0 fully saturated rings. The molecule has 2 N–H and O–H groups in total. The lowest BCUT2D eigenvalue weighted by Crippen LogP contribution is -2.44. The van der Waals surface area contributed by atoms with Crippen LogP contribution in [0.5, 0.6) is 0 Å². The van der Waals surface area contributed by atoms with Crippen LogP contribution in [0.1, 0.15) is 40.5 Å². The van der Waals surface area contributed by atoms with Crippen molar-refractivity contribution in [2.24, 2.45) is 0 Å². The van der Waals surface area contributed by atoms with Gasteiger partial charge in [0.15, 0.2) is 0 Å². The van der Waals surface area contributed by atoms with Crippen molar-refractivity contribution < 1.29 is 38.1 Å². The maximum absolute atomic E-state index is 12.2. The lowest BCUT2D eigenvalue weighted by molar-refractivity contribution is -0.152. The summed E-state index contributed by atoms with van der Waals surface area (Å²) < 4.78 is 20.0. The Morgan fingerprint density at radius 2 is 1.03 bits per heavy atom. The number of hydrogen-bond acceptors (Lipinski definition) is 10. The summed E-state index contributed by atoms with van der Waals surface area (Å²) in [6.07, 6.45) is 0.175. The van der Waals surface area contributed by atoms with Crippen molar-refractivity contribution in [3.63, 3.8) is 0 Å². The quantitative estimate of drug-likeness (QED) is 0.173. The molecule has 32 heavy (non-hydrogen) atoms. The van der Waals surface area contributed by atoms with Crippen molar-refractivity contribution in [2.45, 2.75) is 64.8 Å². The zero-order valence-corrected chi connectivity index (χ0v) is 21.3. The van der Waals surface area contributed by atoms with Crippen LogP contribution in [0.3, 0.4) is 0 Å². The Labute approximate surface area is 198 Å². The molecule has 0 aromatic rings. The van der Waals surface area contributed by atoms with E-state index in [9.17, 15) is 19.2 Å². The van der Waals surface area contributed by atoms with Gasteiger partial charge in [-0.3, -0.25) is 9.59 Å². The molecule has 10 nitrogen and oxygen atoms in total. The van der Waals surface area contributed by atoms with E-state index in [1.54, 1.807) is 27.7 Å². The molecule has 0 unspecified atom stereocenters. The van der Waals surface area contributed by atoms with Crippen molar-refractivity contribution in [1.29, 1.82) is 0 Å². The fraction of sp³-hybridized carbons (Fsp3) is 0.800. The molecular formula is C20H36N2O8S2. The molecule has 0 aromatic heterocycles. The molecule has 0 saturated carbocycles. The molecule has 0 aliphatic rings. The second kappa shape index (κ2) is 18.0. The Morgan fingerprint density at radius 1 is 0.688 bits per heavy atom. The molecule has 0 saturated heterocycles. The fourth-order valence-electron chi connectivity index (χ4n) is 2.31. The summed E-state index contributed by atoms with van der Waals surface area (Å²) in [4.78, 5) is 48.0. The first-order chi connectivity index (χ1) is 15.1. The highest BCUT2D eigenvalue weighted by Gasteiger charge is 2.24. The molecule has 0 bridgehead atoms. The molecule has 12 heteroatoms. The molecule has 0 rings (SSSR count). The highest BCUT2D eigenvalue weighted by Crippen LogP contribution is 2.24. The monoisotopic (exact) mass is 496 g/mol. The summed E-state index contributed by atoms with van der Waals surface area (Å²) in [5.74, 6) is -0.650. The Kier molecular flexibility index (Phi) is 17.1. The van der Waals surface area contributed by atoms with Crippen LogP contribution < -0.4 is 10.6 Å². The summed E-state index contributed by atoms with van der Waals surface area (Å²) >= 11 is 0. The van der Waals surface area contributed by atoms with Gasteiger partial charge in [0.05, 0.1) is 12.2 Å². The molecule has 0 spiro atoms. The fourth-order valence-corrected chi connectivity index (χ4v) is 4.49. The van der Waals surface area contributed by atoms with Gasteiger partial charge in [0, 0.05) is 25.7 Å². The van der Waals surface area contributed by atoms with Gasteiger partial charge in [-0.15, -0.1) is 0 Å². The Morgan fingerprint density at radius 3 is 1.31 bits per heavy atom. The first kappa shape index (κ1) is 30.5. The summed E-state index contributed by atoms with van der Waals surface area (Å²) in [5.41, 5.74) is 0. The van der Waals surface area contributed by atoms with E-state index in [2.05, 4.69) is 10.6 Å². The third-order valence-corrected chi connectivity index (χ3v) is 6.03. The van der Waals surface area contributed by atoms with Gasteiger partial charge in [-0.05, 0) is 40.5 Å². The van der Waals surface area contributed by atoms with Gasteiger partial charge in [-0.1, -0.05) is 21.6 Å². The number of hydrogen-bond donors (Lipinski definition) is 2. The zero-order valence-electron chi connectivity index (χ0n) is 19.6. The third kappa shape index (κ3) is 15.3. The van der Waals surface area contributed by atoms with E-state index in [0.717, 1.165) is 0 Å². The minimum atomic E-state index is -0.768. The molecule has 186 valence electrons. The van der Waals surface area contributed by atoms with Crippen molar-refractivity contribution in [3.05, 3.63) is 0 Å². The average Bonchev–Trinajstić information content (AvgIpc) is 2.67. The smallest absolute Gasteiger partial charge is 0.328 e. The van der Waals surface area contributed by atoms with Crippen molar-refractivity contribution in [1.82, 2.24) is 10.6 Å². The van der Waals surface area contributed by atoms with Gasteiger partial charge < -0.3 is 29.6 Å². The lowest BCUT2D eigenvalue weighted by Gasteiger charge is -2.19. The molecule has 0 aliphatic carbocycles. The highest BCUT2D eigenvalue weighted by molar-refractivity contribution is 8.76. The lowest BCUT2D eigenvalue weighted by atomic mass is 10.2. The second-order valence-corrected chi connectivity index (χ2v) is 10.0. The van der Waals surface area contributed by atoms with E-state index in [4.69, 9.17) is 18.9 Å². The normalized spacial score (nSPS) is 12.9. The number of esters is 2. The van der Waals surface area contributed by atoms with E-state index >= 15 is 0 Å². The van der Waals surface area contributed by atoms with Crippen LogP contribution in [-0.2, 0) is 38.1 Å². The summed E-state index contributed by atoms with van der Waals surface area (Å²) in [5, 5.41) is 5.23. The predicted molar refractivity (Wildman–Crippen MR) is 124 cm³/mol. The molecule has 0 heterocycles. The Balaban J connectivity index is 4.56. The van der Waals surface area contributed by atoms with Crippen LogP contribution in [0.15, 0.2) is 0 Å². The van der Waals surface area contributed by atoms with Crippen LogP contribution in [0.2, 0.25) is 0 Å². The first-order valence-electron chi connectivity index (χ1n) is 10.3. The molecular weight excluding hydrogens is 460 g/mol. The van der Waals surface area contributed by atoms with Crippen LogP contribution in [0.25, 0.3) is 0 Å². The Bertz CT molecular complexity index is 540. The average molecular weight is 497 g/mol. The van der Waals surface area contributed by atoms with E-state index < -0.39 is 35.8 Å². The second-order valence-electron chi connectivity index (χ2n) is 7.30. The number of rotatable bonds is 17.